The van der Waals surface area contributed by atoms with Crippen molar-refractivity contribution in [1.82, 2.24) is 0 Å². The summed E-state index contributed by atoms with van der Waals surface area (Å²) in [6.45, 7) is 0. The SMILES string of the molecule is [CH3-].[CH3-].[CH3-].[Cl][Cu+]. The van der Waals surface area contributed by atoms with Crippen LogP contribution in [0.5, 0.6) is 0 Å². The van der Waals surface area contributed by atoms with Gasteiger partial charge in [0.25, 0.3) is 0 Å². The van der Waals surface area contributed by atoms with E-state index in [2.05, 4.69) is 25.2 Å². The second-order valence-corrected chi connectivity index (χ2v) is 0. The first-order valence-corrected chi connectivity index (χ1v) is 1.41. The van der Waals surface area contributed by atoms with Gasteiger partial charge in [0.2, 0.25) is 0 Å². The third-order valence-electron chi connectivity index (χ3n) is 0. The first kappa shape index (κ1) is 41.0. The van der Waals surface area contributed by atoms with E-state index >= 15 is 0 Å². The topological polar surface area (TPSA) is 0 Å². The molecule has 0 aliphatic carbocycles. The third kappa shape index (κ3) is 57.9. The van der Waals surface area contributed by atoms with Gasteiger partial charge in [-0.3, -0.25) is 0 Å². The van der Waals surface area contributed by atoms with Gasteiger partial charge in [-0.25, -0.2) is 0 Å². The Morgan fingerprint density at radius 3 is 0.800 bits per heavy atom. The molecular weight excluding hydrogens is 135 g/mol. The molecule has 5 heavy (non-hydrogen) atoms. The summed E-state index contributed by atoms with van der Waals surface area (Å²) in [4.78, 5) is 0. The molecule has 0 N–H and O–H groups in total. The Morgan fingerprint density at radius 2 is 0.800 bits per heavy atom. The van der Waals surface area contributed by atoms with Crippen LogP contribution in [0.2, 0.25) is 0 Å². The van der Waals surface area contributed by atoms with Gasteiger partial charge in [0.1, 0.15) is 0 Å². The third-order valence-corrected chi connectivity index (χ3v) is 0. The maximum absolute atomic E-state index is 4.20. The molecule has 0 aliphatic rings. The van der Waals surface area contributed by atoms with E-state index in [0.29, 0.717) is 0 Å². The first-order valence-electron chi connectivity index (χ1n) is 0.114. The molecule has 0 unspecified atom stereocenters. The van der Waals surface area contributed by atoms with Gasteiger partial charge in [0.05, 0.1) is 0 Å². The molecule has 0 radical (unpaired) electrons. The van der Waals surface area contributed by atoms with Crippen molar-refractivity contribution in [3.05, 3.63) is 22.3 Å². The molecule has 0 rings (SSSR count). The Bertz CT molecular complexity index is 6.85. The van der Waals surface area contributed by atoms with Crippen LogP contribution in [0, 0.1) is 22.3 Å². The van der Waals surface area contributed by atoms with Crippen molar-refractivity contribution in [3.63, 3.8) is 0 Å². The Morgan fingerprint density at radius 1 is 0.800 bits per heavy atom. The summed E-state index contributed by atoms with van der Waals surface area (Å²) in [7, 11) is 4.20. The summed E-state index contributed by atoms with van der Waals surface area (Å²) >= 11 is 3.66. The molecule has 0 aliphatic heterocycles. The number of halogens is 1. The molecule has 0 spiro atoms. The molecule has 0 nitrogen and oxygen atoms in total. The van der Waals surface area contributed by atoms with Crippen LogP contribution in [-0.2, 0) is 15.1 Å². The second-order valence-electron chi connectivity index (χ2n) is 0. The van der Waals surface area contributed by atoms with Gasteiger partial charge in [-0.05, 0) is 0 Å². The molecule has 0 aromatic rings. The molecule has 0 fully saturated rings. The Kier molecular flexibility index (Phi) is 874. The Balaban J connectivity index is -0.00000000167. The van der Waals surface area contributed by atoms with E-state index in [4.69, 9.17) is 0 Å². The fourth-order valence-electron chi connectivity index (χ4n) is 0. The summed E-state index contributed by atoms with van der Waals surface area (Å²) in [5.41, 5.74) is 0. The first-order chi connectivity index (χ1) is 1.00. The van der Waals surface area contributed by atoms with Crippen molar-refractivity contribution in [2.75, 3.05) is 0 Å². The van der Waals surface area contributed by atoms with E-state index < -0.39 is 0 Å². The molecular formula is C3H9ClCu-2. The zero-order valence-corrected chi connectivity index (χ0v) is 5.38. The van der Waals surface area contributed by atoms with Crippen LogP contribution in [0.25, 0.3) is 0 Å². The average Bonchev–Trinajstić information content (AvgIpc) is 1.00. The van der Waals surface area contributed by atoms with Crippen LogP contribution in [0.15, 0.2) is 0 Å². The van der Waals surface area contributed by atoms with E-state index in [-0.39, 0.29) is 22.3 Å². The molecule has 0 saturated carbocycles. The molecule has 41 valence electrons. The van der Waals surface area contributed by atoms with Crippen molar-refractivity contribution >= 4 is 10.1 Å². The van der Waals surface area contributed by atoms with Crippen LogP contribution in [-0.4, -0.2) is 0 Å². The van der Waals surface area contributed by atoms with Crippen LogP contribution in [0.4, 0.5) is 0 Å². The second kappa shape index (κ2) is 107. The average molecular weight is 144 g/mol. The van der Waals surface area contributed by atoms with Crippen molar-refractivity contribution < 1.29 is 15.1 Å². The van der Waals surface area contributed by atoms with Crippen LogP contribution >= 0.6 is 10.1 Å². The summed E-state index contributed by atoms with van der Waals surface area (Å²) < 4.78 is 0. The van der Waals surface area contributed by atoms with Gasteiger partial charge in [0.15, 0.2) is 0 Å². The van der Waals surface area contributed by atoms with Gasteiger partial charge in [0, 0.05) is 0 Å². The predicted octanol–water partition coefficient (Wildman–Crippen LogP) is 2.04. The van der Waals surface area contributed by atoms with E-state index in [1.807, 2.05) is 0 Å². The standard InChI is InChI=1S/3CH3.ClH.Cu/h3*1H3;1H;/q3*-1;;+2/p-1. The van der Waals surface area contributed by atoms with Crippen LogP contribution < -0.4 is 0 Å². The van der Waals surface area contributed by atoms with Crippen molar-refractivity contribution in [3.8, 4) is 0 Å². The van der Waals surface area contributed by atoms with Crippen LogP contribution in [0.3, 0.4) is 0 Å². The number of hydrogen-bond donors (Lipinski definition) is 0. The summed E-state index contributed by atoms with van der Waals surface area (Å²) in [5, 5.41) is 0. The Hall–Kier alpha value is 0.809. The van der Waals surface area contributed by atoms with Gasteiger partial charge in [-0.1, -0.05) is 0 Å². The minimum absolute atomic E-state index is 0. The molecule has 2 heteroatoms. The summed E-state index contributed by atoms with van der Waals surface area (Å²) in [6.07, 6.45) is 0. The fraction of sp³-hybridized carbons (Fsp3) is 0. The van der Waals surface area contributed by atoms with Crippen molar-refractivity contribution in [2.24, 2.45) is 0 Å². The number of hydrogen-bond acceptors (Lipinski definition) is 0. The summed E-state index contributed by atoms with van der Waals surface area (Å²) in [6, 6.07) is 0. The van der Waals surface area contributed by atoms with Crippen LogP contribution in [0.1, 0.15) is 0 Å². The van der Waals surface area contributed by atoms with Crippen molar-refractivity contribution in [2.45, 2.75) is 0 Å². The van der Waals surface area contributed by atoms with Gasteiger partial charge >= 0.3 is 25.2 Å². The minimum atomic E-state index is 0. The van der Waals surface area contributed by atoms with Gasteiger partial charge in [-0.2, -0.15) is 0 Å². The van der Waals surface area contributed by atoms with E-state index in [1.54, 1.807) is 0 Å². The zero-order valence-electron chi connectivity index (χ0n) is 3.68. The molecule has 0 aromatic heterocycles. The fourth-order valence-corrected chi connectivity index (χ4v) is 0. The monoisotopic (exact) mass is 143 g/mol. The Labute approximate surface area is 48.0 Å². The van der Waals surface area contributed by atoms with E-state index in [1.165, 1.54) is 0 Å². The van der Waals surface area contributed by atoms with Gasteiger partial charge < -0.3 is 22.3 Å². The summed E-state index contributed by atoms with van der Waals surface area (Å²) in [5.74, 6) is 0. The van der Waals surface area contributed by atoms with E-state index in [0.717, 1.165) is 0 Å². The number of rotatable bonds is 0. The normalized spacial score (nSPS) is 1.40. The molecule has 0 saturated heterocycles. The molecule has 0 aromatic carbocycles. The molecule has 0 bridgehead atoms. The predicted molar refractivity (Wildman–Crippen MR) is 25.1 cm³/mol. The van der Waals surface area contributed by atoms with Crippen molar-refractivity contribution in [1.29, 1.82) is 0 Å². The van der Waals surface area contributed by atoms with E-state index in [9.17, 15) is 0 Å². The molecule has 0 amide bonds. The molecule has 0 heterocycles. The van der Waals surface area contributed by atoms with Gasteiger partial charge in [-0.15, -0.1) is 0 Å². The quantitative estimate of drug-likeness (QED) is 0.360. The molecule has 0 atom stereocenters. The maximum atomic E-state index is 4.20. The zero-order chi connectivity index (χ0) is 2.00.